The third-order valence-corrected chi connectivity index (χ3v) is 4.56. The number of thiocarbonyl (C=S) groups is 1. The lowest BCUT2D eigenvalue weighted by molar-refractivity contribution is -0.137. The van der Waals surface area contributed by atoms with Crippen molar-refractivity contribution < 1.29 is 27.5 Å². The second kappa shape index (κ2) is 8.44. The summed E-state index contributed by atoms with van der Waals surface area (Å²) in [5.74, 6) is -1.22. The van der Waals surface area contributed by atoms with Crippen molar-refractivity contribution in [3.8, 4) is 5.75 Å². The monoisotopic (exact) mass is 470 g/mol. The fraction of sp³-hybridized carbons (Fsp3) is 0.105. The molecule has 0 spiro atoms. The Morgan fingerprint density at radius 3 is 2.61 bits per heavy atom. The van der Waals surface area contributed by atoms with Crippen LogP contribution in [0, 0.1) is 6.92 Å². The number of nitrogens with zero attached hydrogens (tertiary/aromatic N) is 1. The van der Waals surface area contributed by atoms with E-state index in [1.165, 1.54) is 31.2 Å². The van der Waals surface area contributed by atoms with Crippen LogP contribution < -0.4 is 21.8 Å². The molecule has 0 bridgehead atoms. The van der Waals surface area contributed by atoms with E-state index in [-0.39, 0.29) is 38.8 Å². The van der Waals surface area contributed by atoms with E-state index in [4.69, 9.17) is 34.0 Å². The predicted octanol–water partition coefficient (Wildman–Crippen LogP) is 4.02. The molecule has 5 N–H and O–H groups in total. The van der Waals surface area contributed by atoms with Gasteiger partial charge in [0, 0.05) is 22.7 Å². The number of nitrogens with one attached hydrogen (secondary N) is 2. The van der Waals surface area contributed by atoms with Crippen molar-refractivity contribution in [1.29, 1.82) is 0 Å². The first kappa shape index (κ1) is 22.4. The van der Waals surface area contributed by atoms with E-state index in [1.807, 2.05) is 0 Å². The maximum absolute atomic E-state index is 13.1. The van der Waals surface area contributed by atoms with Gasteiger partial charge in [0.25, 0.3) is 5.91 Å². The summed E-state index contributed by atoms with van der Waals surface area (Å²) in [5, 5.41) is 16.2. The van der Waals surface area contributed by atoms with Crippen LogP contribution in [-0.4, -0.2) is 16.1 Å². The van der Waals surface area contributed by atoms with Crippen molar-refractivity contribution in [3.05, 3.63) is 63.7 Å². The number of aromatic hydroxyl groups is 1. The first-order valence-electron chi connectivity index (χ1n) is 8.51. The summed E-state index contributed by atoms with van der Waals surface area (Å²) in [6.45, 7) is 1.52. The summed E-state index contributed by atoms with van der Waals surface area (Å²) in [5.41, 5.74) is 6.93. The molecule has 0 radical (unpaired) electrons. The van der Waals surface area contributed by atoms with Gasteiger partial charge in [0.05, 0.1) is 10.6 Å². The van der Waals surface area contributed by atoms with E-state index < -0.39 is 22.7 Å². The Bertz CT molecular complexity index is 1270. The minimum absolute atomic E-state index is 0.103. The smallest absolute Gasteiger partial charge is 0.417 e. The first-order chi connectivity index (χ1) is 14.5. The van der Waals surface area contributed by atoms with E-state index in [2.05, 4.69) is 15.8 Å². The number of alkyl halides is 3. The highest BCUT2D eigenvalue weighted by molar-refractivity contribution is 7.80. The van der Waals surface area contributed by atoms with Gasteiger partial charge < -0.3 is 20.6 Å². The molecule has 0 atom stereocenters. The number of fused-ring (bicyclic) bond motifs is 1. The van der Waals surface area contributed by atoms with Gasteiger partial charge in [-0.05, 0) is 49.5 Å². The Balaban J connectivity index is 2.10. The van der Waals surface area contributed by atoms with Gasteiger partial charge in [-0.1, -0.05) is 11.6 Å². The molecule has 1 heterocycles. The predicted molar refractivity (Wildman–Crippen MR) is 113 cm³/mol. The molecule has 7 nitrogen and oxygen atoms in total. The van der Waals surface area contributed by atoms with Crippen LogP contribution in [0.25, 0.3) is 11.0 Å². The summed E-state index contributed by atoms with van der Waals surface area (Å²) in [6, 6.07) is 7.12. The van der Waals surface area contributed by atoms with Gasteiger partial charge in [0.2, 0.25) is 0 Å². The Labute approximate surface area is 183 Å². The molecule has 0 saturated carbocycles. The van der Waals surface area contributed by atoms with Gasteiger partial charge in [0.15, 0.2) is 10.9 Å². The molecule has 31 heavy (non-hydrogen) atoms. The highest BCUT2D eigenvalue weighted by Crippen LogP contribution is 2.36. The van der Waals surface area contributed by atoms with Crippen molar-refractivity contribution in [3.63, 3.8) is 0 Å². The Hall–Kier alpha value is -3.31. The number of carbonyl (C=O) groups is 1. The van der Waals surface area contributed by atoms with Crippen molar-refractivity contribution in [2.45, 2.75) is 13.1 Å². The van der Waals surface area contributed by atoms with Gasteiger partial charge in [-0.2, -0.15) is 18.3 Å². The van der Waals surface area contributed by atoms with Crippen LogP contribution in [0.2, 0.25) is 5.02 Å². The highest BCUT2D eigenvalue weighted by Gasteiger charge is 2.33. The third kappa shape index (κ3) is 4.89. The molecule has 2 aromatic carbocycles. The number of hydrogen-bond acceptors (Lipinski definition) is 5. The molecule has 0 aliphatic heterocycles. The summed E-state index contributed by atoms with van der Waals surface area (Å²) < 4.78 is 44.9. The van der Waals surface area contributed by atoms with Crippen LogP contribution in [0.1, 0.15) is 21.7 Å². The van der Waals surface area contributed by atoms with Crippen LogP contribution in [0.3, 0.4) is 0 Å². The normalized spacial score (nSPS) is 12.1. The number of anilines is 1. The largest absolute Gasteiger partial charge is 0.508 e. The van der Waals surface area contributed by atoms with Crippen LogP contribution in [0.5, 0.6) is 5.75 Å². The van der Waals surface area contributed by atoms with E-state index in [0.29, 0.717) is 11.5 Å². The second-order valence-corrected chi connectivity index (χ2v) is 7.17. The number of nitrogens with two attached hydrogens (primary N) is 1. The number of phenolic OH excluding ortho intramolecular Hbond substituents is 1. The number of rotatable bonds is 3. The lowest BCUT2D eigenvalue weighted by Gasteiger charge is -2.13. The fourth-order valence-corrected chi connectivity index (χ4v) is 3.04. The highest BCUT2D eigenvalue weighted by atomic mass is 35.5. The summed E-state index contributed by atoms with van der Waals surface area (Å²) in [6.07, 6.45) is -4.70. The van der Waals surface area contributed by atoms with Crippen LogP contribution in [-0.2, 0) is 6.18 Å². The van der Waals surface area contributed by atoms with Crippen molar-refractivity contribution in [2.24, 2.45) is 10.8 Å². The molecular weight excluding hydrogens is 457 g/mol. The second-order valence-electron chi connectivity index (χ2n) is 6.32. The molecular formula is C19H14ClF3N4O3S. The van der Waals surface area contributed by atoms with Gasteiger partial charge in [-0.3, -0.25) is 10.2 Å². The lowest BCUT2D eigenvalue weighted by Crippen LogP contribution is -2.28. The zero-order valence-corrected chi connectivity index (χ0v) is 17.2. The molecule has 0 fully saturated rings. The fourth-order valence-electron chi connectivity index (χ4n) is 2.77. The molecule has 0 unspecified atom stereocenters. The number of phenols is 1. The molecule has 12 heteroatoms. The Morgan fingerprint density at radius 2 is 1.97 bits per heavy atom. The maximum Gasteiger partial charge on any atom is 0.417 e. The summed E-state index contributed by atoms with van der Waals surface area (Å²) in [4.78, 5) is 12.8. The van der Waals surface area contributed by atoms with Gasteiger partial charge in [-0.15, -0.1) is 0 Å². The molecule has 0 aliphatic rings. The van der Waals surface area contributed by atoms with Crippen molar-refractivity contribution in [2.75, 3.05) is 5.32 Å². The zero-order chi connectivity index (χ0) is 22.9. The summed E-state index contributed by atoms with van der Waals surface area (Å²) in [7, 11) is 0. The average Bonchev–Trinajstić information content (AvgIpc) is 2.67. The number of amides is 1. The Morgan fingerprint density at radius 1 is 1.26 bits per heavy atom. The van der Waals surface area contributed by atoms with E-state index in [1.54, 1.807) is 0 Å². The topological polar surface area (TPSA) is 113 Å². The minimum atomic E-state index is -4.70. The number of halogens is 4. The first-order valence-corrected chi connectivity index (χ1v) is 9.29. The number of carbonyl (C=O) groups excluding carboxylic acids is 1. The van der Waals surface area contributed by atoms with Crippen LogP contribution >= 0.6 is 23.8 Å². The van der Waals surface area contributed by atoms with Crippen LogP contribution in [0.15, 0.2) is 45.9 Å². The maximum atomic E-state index is 13.1. The van der Waals surface area contributed by atoms with Crippen molar-refractivity contribution >= 4 is 51.5 Å². The van der Waals surface area contributed by atoms with Crippen LogP contribution in [0.4, 0.5) is 18.9 Å². The quantitative estimate of drug-likeness (QED) is 0.340. The molecule has 1 amide bonds. The molecule has 3 aromatic rings. The molecule has 162 valence electrons. The molecule has 3 rings (SSSR count). The lowest BCUT2D eigenvalue weighted by atomic mass is 10.1. The van der Waals surface area contributed by atoms with Gasteiger partial charge in [0.1, 0.15) is 16.7 Å². The van der Waals surface area contributed by atoms with E-state index in [9.17, 15) is 23.1 Å². The van der Waals surface area contributed by atoms with E-state index in [0.717, 1.165) is 6.07 Å². The summed E-state index contributed by atoms with van der Waals surface area (Å²) >= 11 is 10.3. The molecule has 1 aromatic heterocycles. The average molecular weight is 471 g/mol. The molecule has 0 aliphatic carbocycles. The number of benzene rings is 2. The minimum Gasteiger partial charge on any atom is -0.508 e. The Kier molecular flexibility index (Phi) is 6.09. The van der Waals surface area contributed by atoms with Crippen molar-refractivity contribution in [1.82, 2.24) is 5.43 Å². The van der Waals surface area contributed by atoms with Gasteiger partial charge >= 0.3 is 6.18 Å². The molecule has 0 saturated heterocycles. The third-order valence-electron chi connectivity index (χ3n) is 4.14. The number of hydrogen-bond donors (Lipinski definition) is 4. The SMILES string of the molecule is Cc1c(C(=O)Nc2ccc(Cl)c(C(F)(F)F)c2)oc2cc(O)ccc2/c1=N/NC(N)=S. The zero-order valence-electron chi connectivity index (χ0n) is 15.7. The van der Waals surface area contributed by atoms with Gasteiger partial charge in [-0.25, -0.2) is 0 Å². The standard InChI is InChI=1S/C19H14ClF3N4O3S/c1-8-15(26-27-18(24)31)11-4-3-10(28)7-14(11)30-16(8)17(29)25-9-2-5-13(20)12(6-9)19(21,22)23/h2-7,28H,1H3,(H,25,29)(H3,24,27,31)/b26-15+. The van der Waals surface area contributed by atoms with E-state index >= 15 is 0 Å².